The Hall–Kier alpha value is -1.93. The lowest BCUT2D eigenvalue weighted by Gasteiger charge is -2.06. The molecule has 7 nitrogen and oxygen atoms in total. The Kier molecular flexibility index (Phi) is 5.46. The monoisotopic (exact) mass is 280 g/mol. The molecule has 1 aromatic rings. The topological polar surface area (TPSA) is 119 Å². The first kappa shape index (κ1) is 15.1. The van der Waals surface area contributed by atoms with E-state index >= 15 is 0 Å². The molecule has 0 unspecified atom stereocenters. The smallest absolute Gasteiger partial charge is 0.280 e. The van der Waals surface area contributed by atoms with Gasteiger partial charge in [-0.15, -0.1) is 0 Å². The van der Waals surface area contributed by atoms with Crippen LogP contribution in [0.1, 0.15) is 25.2 Å². The van der Waals surface area contributed by atoms with Crippen LogP contribution in [0.4, 0.5) is 0 Å². The van der Waals surface area contributed by atoms with E-state index in [4.69, 9.17) is 10.9 Å². The molecular formula is C11H16N6OS. The van der Waals surface area contributed by atoms with E-state index in [1.807, 2.05) is 6.92 Å². The molecule has 1 heterocycles. The SMILES string of the molecule is C/C(N)=C(/SN)C(=O)N/N=C(\C)c1nccnc1C. The number of rotatable bonds is 4. The molecule has 0 aliphatic carbocycles. The third kappa shape index (κ3) is 4.04. The van der Waals surface area contributed by atoms with Gasteiger partial charge in [0.05, 0.1) is 11.4 Å². The number of hydrogen-bond donors (Lipinski definition) is 3. The summed E-state index contributed by atoms with van der Waals surface area (Å²) >= 11 is 0.782. The number of nitrogens with one attached hydrogen (secondary N) is 1. The summed E-state index contributed by atoms with van der Waals surface area (Å²) in [5.74, 6) is -0.451. The molecule has 1 rings (SSSR count). The number of hydrogen-bond acceptors (Lipinski definition) is 7. The minimum atomic E-state index is -0.451. The number of aromatic nitrogens is 2. The Morgan fingerprint density at radius 1 is 1.37 bits per heavy atom. The molecule has 0 saturated carbocycles. The van der Waals surface area contributed by atoms with Crippen LogP contribution in [-0.4, -0.2) is 21.6 Å². The normalized spacial score (nSPS) is 12.9. The van der Waals surface area contributed by atoms with Gasteiger partial charge in [-0.25, -0.2) is 5.43 Å². The van der Waals surface area contributed by atoms with Gasteiger partial charge in [0.1, 0.15) is 10.6 Å². The third-order valence-electron chi connectivity index (χ3n) is 2.23. The quantitative estimate of drug-likeness (QED) is 0.318. The summed E-state index contributed by atoms with van der Waals surface area (Å²) in [6.07, 6.45) is 3.16. The van der Waals surface area contributed by atoms with Gasteiger partial charge in [0.2, 0.25) is 0 Å². The fourth-order valence-corrected chi connectivity index (χ4v) is 1.67. The Labute approximate surface area is 115 Å². The molecule has 1 amide bonds. The van der Waals surface area contributed by atoms with Crippen molar-refractivity contribution in [3.8, 4) is 0 Å². The molecule has 8 heteroatoms. The number of nitrogens with zero attached hydrogens (tertiary/aromatic N) is 3. The summed E-state index contributed by atoms with van der Waals surface area (Å²) in [5.41, 5.74) is 10.2. The van der Waals surface area contributed by atoms with Crippen molar-refractivity contribution in [3.63, 3.8) is 0 Å². The van der Waals surface area contributed by atoms with Gasteiger partial charge in [0.15, 0.2) is 0 Å². The van der Waals surface area contributed by atoms with Gasteiger partial charge in [0.25, 0.3) is 5.91 Å². The van der Waals surface area contributed by atoms with E-state index in [1.165, 1.54) is 0 Å². The average Bonchev–Trinajstić information content (AvgIpc) is 2.37. The minimum absolute atomic E-state index is 0.229. The fraction of sp³-hybridized carbons (Fsp3) is 0.273. The van der Waals surface area contributed by atoms with Crippen molar-refractivity contribution >= 4 is 23.6 Å². The van der Waals surface area contributed by atoms with Gasteiger partial charge >= 0.3 is 0 Å². The second kappa shape index (κ2) is 6.86. The Morgan fingerprint density at radius 3 is 2.53 bits per heavy atom. The average molecular weight is 280 g/mol. The Balaban J connectivity index is 2.86. The van der Waals surface area contributed by atoms with Crippen LogP contribution in [-0.2, 0) is 4.79 Å². The highest BCUT2D eigenvalue weighted by atomic mass is 32.2. The zero-order valence-corrected chi connectivity index (χ0v) is 11.8. The van der Waals surface area contributed by atoms with Crippen LogP contribution in [0.5, 0.6) is 0 Å². The first-order valence-electron chi connectivity index (χ1n) is 5.43. The number of nitrogens with two attached hydrogens (primary N) is 2. The number of hydrazone groups is 1. The summed E-state index contributed by atoms with van der Waals surface area (Å²) in [5, 5.41) is 9.33. The van der Waals surface area contributed by atoms with Crippen LogP contribution in [0.3, 0.4) is 0 Å². The zero-order valence-electron chi connectivity index (χ0n) is 11.0. The lowest BCUT2D eigenvalue weighted by molar-refractivity contribution is -0.116. The third-order valence-corrected chi connectivity index (χ3v) is 2.97. The largest absolute Gasteiger partial charge is 0.401 e. The molecule has 0 spiro atoms. The number of aryl methyl sites for hydroxylation is 1. The van der Waals surface area contributed by atoms with Gasteiger partial charge < -0.3 is 5.73 Å². The lowest BCUT2D eigenvalue weighted by atomic mass is 10.2. The Bertz CT molecular complexity index is 536. The van der Waals surface area contributed by atoms with E-state index in [1.54, 1.807) is 26.2 Å². The van der Waals surface area contributed by atoms with Crippen molar-refractivity contribution in [2.24, 2.45) is 16.0 Å². The highest BCUT2D eigenvalue weighted by molar-refractivity contribution is 8.01. The maximum Gasteiger partial charge on any atom is 0.280 e. The second-order valence-corrected chi connectivity index (χ2v) is 4.40. The first-order valence-corrected chi connectivity index (χ1v) is 6.31. The van der Waals surface area contributed by atoms with Crippen molar-refractivity contribution in [1.82, 2.24) is 15.4 Å². The first-order chi connectivity index (χ1) is 8.97. The van der Waals surface area contributed by atoms with Gasteiger partial charge in [-0.05, 0) is 32.7 Å². The number of amides is 1. The molecule has 0 radical (unpaired) electrons. The van der Waals surface area contributed by atoms with Gasteiger partial charge in [-0.3, -0.25) is 19.9 Å². The summed E-state index contributed by atoms with van der Waals surface area (Å²) in [6.45, 7) is 5.14. The van der Waals surface area contributed by atoms with E-state index < -0.39 is 5.91 Å². The zero-order chi connectivity index (χ0) is 14.4. The van der Waals surface area contributed by atoms with Crippen LogP contribution in [0, 0.1) is 6.92 Å². The van der Waals surface area contributed by atoms with E-state index in [-0.39, 0.29) is 4.91 Å². The maximum atomic E-state index is 11.7. The van der Waals surface area contributed by atoms with Crippen LogP contribution in [0.25, 0.3) is 0 Å². The van der Waals surface area contributed by atoms with Crippen molar-refractivity contribution in [1.29, 1.82) is 0 Å². The van der Waals surface area contributed by atoms with Crippen molar-refractivity contribution in [3.05, 3.63) is 34.4 Å². The number of allylic oxidation sites excluding steroid dienone is 1. The van der Waals surface area contributed by atoms with Crippen molar-refractivity contribution < 1.29 is 4.79 Å². The van der Waals surface area contributed by atoms with Crippen LogP contribution in [0.15, 0.2) is 28.1 Å². The predicted molar refractivity (Wildman–Crippen MR) is 75.8 cm³/mol. The van der Waals surface area contributed by atoms with E-state index in [9.17, 15) is 4.79 Å². The van der Waals surface area contributed by atoms with Gasteiger partial charge in [-0.2, -0.15) is 5.10 Å². The van der Waals surface area contributed by atoms with E-state index in [2.05, 4.69) is 20.5 Å². The highest BCUT2D eigenvalue weighted by Crippen LogP contribution is 2.10. The highest BCUT2D eigenvalue weighted by Gasteiger charge is 2.11. The lowest BCUT2D eigenvalue weighted by Crippen LogP contribution is -2.23. The van der Waals surface area contributed by atoms with Crippen molar-refractivity contribution in [2.75, 3.05) is 0 Å². The Morgan fingerprint density at radius 2 is 2.00 bits per heavy atom. The minimum Gasteiger partial charge on any atom is -0.401 e. The fourth-order valence-electron chi connectivity index (χ4n) is 1.33. The summed E-state index contributed by atoms with van der Waals surface area (Å²) in [4.78, 5) is 20.2. The van der Waals surface area contributed by atoms with E-state index in [0.29, 0.717) is 17.1 Å². The molecular weight excluding hydrogens is 264 g/mol. The summed E-state index contributed by atoms with van der Waals surface area (Å²) < 4.78 is 0. The molecule has 0 bridgehead atoms. The number of carbonyl (C=O) groups is 1. The number of carbonyl (C=O) groups excluding carboxylic acids is 1. The molecule has 1 aromatic heterocycles. The van der Waals surface area contributed by atoms with E-state index in [0.717, 1.165) is 17.6 Å². The van der Waals surface area contributed by atoms with Gasteiger partial charge in [0, 0.05) is 18.1 Å². The molecule has 0 aliphatic rings. The molecule has 5 N–H and O–H groups in total. The maximum absolute atomic E-state index is 11.7. The molecule has 0 aromatic carbocycles. The summed E-state index contributed by atoms with van der Waals surface area (Å²) in [6, 6.07) is 0. The van der Waals surface area contributed by atoms with Crippen LogP contribution < -0.4 is 16.3 Å². The molecule has 19 heavy (non-hydrogen) atoms. The van der Waals surface area contributed by atoms with Crippen LogP contribution >= 0.6 is 11.9 Å². The van der Waals surface area contributed by atoms with Crippen LogP contribution in [0.2, 0.25) is 0 Å². The molecule has 0 atom stereocenters. The molecule has 0 saturated heterocycles. The molecule has 102 valence electrons. The standard InChI is InChI=1S/C11H16N6OS/c1-6(12)10(19-13)11(18)17-16-8(3)9-7(2)14-4-5-15-9/h4-5H,12-13H2,1-3H3,(H,17,18)/b10-6-,16-8+. The molecule has 0 aliphatic heterocycles. The summed E-state index contributed by atoms with van der Waals surface area (Å²) in [7, 11) is 0. The second-order valence-electron chi connectivity index (χ2n) is 3.76. The predicted octanol–water partition coefficient (Wildman–Crippen LogP) is 0.422. The molecule has 0 fully saturated rings. The van der Waals surface area contributed by atoms with Crippen molar-refractivity contribution in [2.45, 2.75) is 20.8 Å². The van der Waals surface area contributed by atoms with Gasteiger partial charge in [-0.1, -0.05) is 0 Å².